The Morgan fingerprint density at radius 1 is 0.438 bits per heavy atom. The Labute approximate surface area is 273 Å². The molecule has 0 aliphatic heterocycles. The van der Waals surface area contributed by atoms with Gasteiger partial charge in [0.2, 0.25) is 5.95 Å². The van der Waals surface area contributed by atoms with E-state index >= 15 is 0 Å². The molecule has 4 aromatic heterocycles. The van der Waals surface area contributed by atoms with Crippen molar-refractivity contribution in [1.29, 1.82) is 0 Å². The van der Waals surface area contributed by atoms with Crippen molar-refractivity contribution in [2.45, 2.75) is 0 Å². The van der Waals surface area contributed by atoms with Crippen molar-refractivity contribution < 1.29 is 0 Å². The van der Waals surface area contributed by atoms with Gasteiger partial charge in [0, 0.05) is 21.7 Å². The quantitative estimate of drug-likeness (QED) is 0.147. The van der Waals surface area contributed by atoms with E-state index < -0.39 is 0 Å². The third kappa shape index (κ3) is 3.93. The third-order valence-electron chi connectivity index (χ3n) is 9.33. The van der Waals surface area contributed by atoms with Crippen LogP contribution in [0, 0.1) is 0 Å². The summed E-state index contributed by atoms with van der Waals surface area (Å²) >= 11 is 0. The average molecular weight is 616 g/mol. The van der Waals surface area contributed by atoms with E-state index in [4.69, 9.17) is 15.0 Å². The summed E-state index contributed by atoms with van der Waals surface area (Å²) in [7, 11) is 0. The van der Waals surface area contributed by atoms with Crippen LogP contribution in [0.4, 0.5) is 0 Å². The largest absolute Gasteiger partial charge is 0.278 e. The van der Waals surface area contributed by atoms with E-state index in [2.05, 4.69) is 65.2 Å². The van der Waals surface area contributed by atoms with Crippen molar-refractivity contribution in [2.75, 3.05) is 0 Å². The number of hydrogen-bond acceptors (Lipinski definition) is 4. The molecular weight excluding hydrogens is 590 g/mol. The van der Waals surface area contributed by atoms with Gasteiger partial charge in [-0.25, -0.2) is 15.0 Å². The van der Waals surface area contributed by atoms with Crippen LogP contribution in [0.5, 0.6) is 0 Å². The molecule has 10 aromatic rings. The van der Waals surface area contributed by atoms with Gasteiger partial charge in [0.1, 0.15) is 5.65 Å². The minimum atomic E-state index is -0.0750. The number of aromatic nitrogens is 5. The first-order valence-corrected chi connectivity index (χ1v) is 15.9. The second kappa shape index (κ2) is 10.2. The molecule has 0 aliphatic carbocycles. The number of pyridine rings is 1. The highest BCUT2D eigenvalue weighted by molar-refractivity contribution is 6.10. The molecule has 10 rings (SSSR count). The molecule has 0 N–H and O–H groups in total. The van der Waals surface area contributed by atoms with Crippen LogP contribution < -0.4 is 5.56 Å². The van der Waals surface area contributed by atoms with Gasteiger partial charge in [-0.1, -0.05) is 97.1 Å². The molecule has 0 unspecified atom stereocenters. The predicted octanol–water partition coefficient (Wildman–Crippen LogP) is 9.38. The van der Waals surface area contributed by atoms with Crippen molar-refractivity contribution >= 4 is 60.2 Å². The second-order valence-electron chi connectivity index (χ2n) is 12.1. The van der Waals surface area contributed by atoms with Crippen molar-refractivity contribution in [3.05, 3.63) is 162 Å². The van der Waals surface area contributed by atoms with Gasteiger partial charge in [-0.05, 0) is 71.1 Å². The first-order chi connectivity index (χ1) is 23.7. The van der Waals surface area contributed by atoms with E-state index in [0.717, 1.165) is 66.0 Å². The van der Waals surface area contributed by atoms with E-state index in [1.54, 1.807) is 4.40 Å². The van der Waals surface area contributed by atoms with Crippen LogP contribution in [0.25, 0.3) is 88.5 Å². The van der Waals surface area contributed by atoms with E-state index in [0.29, 0.717) is 22.5 Å². The van der Waals surface area contributed by atoms with Crippen LogP contribution in [-0.4, -0.2) is 23.9 Å². The molecule has 0 bridgehead atoms. The monoisotopic (exact) mass is 615 g/mol. The highest BCUT2D eigenvalue weighted by atomic mass is 16.1. The van der Waals surface area contributed by atoms with Gasteiger partial charge in [0.05, 0.1) is 38.7 Å². The van der Waals surface area contributed by atoms with Crippen LogP contribution >= 0.6 is 0 Å². The van der Waals surface area contributed by atoms with Gasteiger partial charge in [-0.3, -0.25) is 13.8 Å². The molecule has 0 spiro atoms. The lowest BCUT2D eigenvalue weighted by atomic mass is 10.0. The van der Waals surface area contributed by atoms with E-state index in [1.165, 1.54) is 0 Å². The van der Waals surface area contributed by atoms with Crippen LogP contribution in [-0.2, 0) is 0 Å². The maximum absolute atomic E-state index is 14.0. The number of fused-ring (bicyclic) bond motifs is 8. The second-order valence-corrected chi connectivity index (χ2v) is 12.1. The fourth-order valence-corrected chi connectivity index (χ4v) is 7.07. The van der Waals surface area contributed by atoms with Gasteiger partial charge < -0.3 is 0 Å². The van der Waals surface area contributed by atoms with Crippen LogP contribution in [0.3, 0.4) is 0 Å². The molecule has 48 heavy (non-hydrogen) atoms. The Balaban J connectivity index is 1.19. The third-order valence-corrected chi connectivity index (χ3v) is 9.33. The van der Waals surface area contributed by atoms with Crippen LogP contribution in [0.15, 0.2) is 156 Å². The molecule has 0 saturated heterocycles. The summed E-state index contributed by atoms with van der Waals surface area (Å²) in [5.74, 6) is 0.621. The van der Waals surface area contributed by atoms with Gasteiger partial charge >= 0.3 is 0 Å². The number of rotatable bonds is 3. The van der Waals surface area contributed by atoms with Crippen molar-refractivity contribution in [3.63, 3.8) is 0 Å². The summed E-state index contributed by atoms with van der Waals surface area (Å²) in [4.78, 5) is 29.1. The maximum atomic E-state index is 14.0. The fraction of sp³-hybridized carbons (Fsp3) is 0. The van der Waals surface area contributed by atoms with Gasteiger partial charge in [0.25, 0.3) is 5.56 Å². The smallest absolute Gasteiger partial charge is 0.266 e. The number of para-hydroxylation sites is 3. The van der Waals surface area contributed by atoms with E-state index in [-0.39, 0.29) is 5.56 Å². The number of nitrogens with zero attached hydrogens (tertiary/aromatic N) is 5. The fourth-order valence-electron chi connectivity index (χ4n) is 7.07. The summed E-state index contributed by atoms with van der Waals surface area (Å²) in [6.45, 7) is 0. The van der Waals surface area contributed by atoms with Crippen molar-refractivity contribution in [3.8, 4) is 28.3 Å². The molecule has 0 fully saturated rings. The minimum Gasteiger partial charge on any atom is -0.278 e. The molecule has 0 amide bonds. The molecular formula is C42H25N5O. The summed E-state index contributed by atoms with van der Waals surface area (Å²) in [5, 5.41) is 4.78. The van der Waals surface area contributed by atoms with Crippen LogP contribution in [0.1, 0.15) is 0 Å². The zero-order chi connectivity index (χ0) is 31.8. The molecule has 0 radical (unpaired) electrons. The van der Waals surface area contributed by atoms with Gasteiger partial charge in [-0.15, -0.1) is 0 Å². The molecule has 0 aliphatic rings. The van der Waals surface area contributed by atoms with Crippen molar-refractivity contribution in [2.24, 2.45) is 0 Å². The zero-order valence-corrected chi connectivity index (χ0v) is 25.6. The normalized spacial score (nSPS) is 11.8. The Morgan fingerprint density at radius 3 is 1.98 bits per heavy atom. The lowest BCUT2D eigenvalue weighted by molar-refractivity contribution is 1.01. The SMILES string of the molecule is O=c1c2cc(-c3ccc4c(c3)c3ccccc3n4-c3nc(-c4ccccc4)c4ccccc4n3)ccc2nc2ccc3ccccc3n12. The van der Waals surface area contributed by atoms with Crippen molar-refractivity contribution in [1.82, 2.24) is 23.9 Å². The highest BCUT2D eigenvalue weighted by Crippen LogP contribution is 2.36. The summed E-state index contributed by atoms with van der Waals surface area (Å²) in [6.07, 6.45) is 0. The average Bonchev–Trinajstić information content (AvgIpc) is 3.48. The van der Waals surface area contributed by atoms with Crippen LogP contribution in [0.2, 0.25) is 0 Å². The van der Waals surface area contributed by atoms with Gasteiger partial charge in [0.15, 0.2) is 0 Å². The standard InChI is InChI=1S/C42H25N5O/c48-41-33-25-28(18-21-35(33)43-39-23-20-26-10-4-8-16-36(26)47(39)41)29-19-22-38-32(24-29)30-13-6-9-17-37(30)46(38)42-44-34-15-7-5-14-31(34)40(45-42)27-11-2-1-3-12-27/h1-25H. The molecule has 6 aromatic carbocycles. The molecule has 4 heterocycles. The minimum absolute atomic E-state index is 0.0750. The Hall–Kier alpha value is -6.66. The van der Waals surface area contributed by atoms with E-state index in [9.17, 15) is 4.79 Å². The van der Waals surface area contributed by atoms with Gasteiger partial charge in [-0.2, -0.15) is 0 Å². The molecule has 0 atom stereocenters. The summed E-state index contributed by atoms with van der Waals surface area (Å²) < 4.78 is 3.87. The molecule has 224 valence electrons. The molecule has 6 heteroatoms. The maximum Gasteiger partial charge on any atom is 0.266 e. The lowest BCUT2D eigenvalue weighted by Crippen LogP contribution is -2.16. The Kier molecular flexibility index (Phi) is 5.63. The summed E-state index contributed by atoms with van der Waals surface area (Å²) in [5.41, 5.74) is 8.92. The predicted molar refractivity (Wildman–Crippen MR) is 195 cm³/mol. The Morgan fingerprint density at radius 2 is 1.10 bits per heavy atom. The summed E-state index contributed by atoms with van der Waals surface area (Å²) in [6, 6.07) is 51.1. The number of benzene rings is 6. The number of hydrogen-bond donors (Lipinski definition) is 0. The molecule has 6 nitrogen and oxygen atoms in total. The topological polar surface area (TPSA) is 65.1 Å². The lowest BCUT2D eigenvalue weighted by Gasteiger charge is -2.12. The highest BCUT2D eigenvalue weighted by Gasteiger charge is 2.18. The first-order valence-electron chi connectivity index (χ1n) is 15.9. The first kappa shape index (κ1) is 26.5. The molecule has 0 saturated carbocycles. The van der Waals surface area contributed by atoms with E-state index in [1.807, 2.05) is 91.0 Å². The Bertz CT molecular complexity index is 2980. The zero-order valence-electron chi connectivity index (χ0n) is 25.6.